The fourth-order valence-corrected chi connectivity index (χ4v) is 5.30. The van der Waals surface area contributed by atoms with E-state index in [9.17, 15) is 13.2 Å². The highest BCUT2D eigenvalue weighted by molar-refractivity contribution is 7.90. The molecule has 2 aliphatic heterocycles. The number of fused-ring (bicyclic) bond motifs is 3. The van der Waals surface area contributed by atoms with Crippen LogP contribution in [-0.4, -0.2) is 60.3 Å². The molecule has 29 heavy (non-hydrogen) atoms. The van der Waals surface area contributed by atoms with E-state index in [2.05, 4.69) is 10.1 Å². The minimum absolute atomic E-state index is 0.0231. The van der Waals surface area contributed by atoms with Crippen LogP contribution in [0.5, 0.6) is 0 Å². The number of benzene rings is 1. The number of ether oxygens (including phenoxy) is 1. The third-order valence-electron chi connectivity index (χ3n) is 5.14. The van der Waals surface area contributed by atoms with Gasteiger partial charge in [0, 0.05) is 30.4 Å². The van der Waals surface area contributed by atoms with Crippen molar-refractivity contribution in [3.63, 3.8) is 0 Å². The van der Waals surface area contributed by atoms with Crippen molar-refractivity contribution in [1.82, 2.24) is 19.7 Å². The topological polar surface area (TPSA) is 94.4 Å². The Balaban J connectivity index is 1.75. The number of aromatic nitrogens is 3. The van der Waals surface area contributed by atoms with Crippen LogP contribution in [0.25, 0.3) is 16.9 Å². The molecule has 2 aliphatic rings. The van der Waals surface area contributed by atoms with Gasteiger partial charge in [0.05, 0.1) is 30.3 Å². The van der Waals surface area contributed by atoms with Gasteiger partial charge in [0.1, 0.15) is 0 Å². The highest BCUT2D eigenvalue weighted by Gasteiger charge is 2.38. The van der Waals surface area contributed by atoms with Crippen LogP contribution in [-0.2, 0) is 20.3 Å². The van der Waals surface area contributed by atoms with E-state index in [0.29, 0.717) is 43.1 Å². The first-order valence-electron chi connectivity index (χ1n) is 9.29. The molecule has 148 valence electrons. The Kier molecular flexibility index (Phi) is 4.21. The van der Waals surface area contributed by atoms with Gasteiger partial charge in [-0.3, -0.25) is 4.79 Å². The van der Waals surface area contributed by atoms with Gasteiger partial charge in [-0.2, -0.15) is 5.10 Å². The Morgan fingerprint density at radius 2 is 1.79 bits per heavy atom. The van der Waals surface area contributed by atoms with Gasteiger partial charge >= 0.3 is 0 Å². The van der Waals surface area contributed by atoms with Gasteiger partial charge in [0.25, 0.3) is 5.91 Å². The first kappa shape index (κ1) is 18.0. The van der Waals surface area contributed by atoms with E-state index in [0.717, 1.165) is 5.69 Å². The zero-order valence-electron chi connectivity index (χ0n) is 15.5. The van der Waals surface area contributed by atoms with Crippen LogP contribution in [0.4, 0.5) is 0 Å². The summed E-state index contributed by atoms with van der Waals surface area (Å²) >= 11 is 0. The van der Waals surface area contributed by atoms with Crippen molar-refractivity contribution in [2.75, 3.05) is 26.3 Å². The highest BCUT2D eigenvalue weighted by atomic mass is 32.2. The first-order chi connectivity index (χ1) is 14.1. The second kappa shape index (κ2) is 6.78. The van der Waals surface area contributed by atoms with Crippen LogP contribution in [0.1, 0.15) is 16.1 Å². The molecule has 0 bridgehead atoms. The maximum Gasteiger partial charge on any atom is 0.274 e. The highest BCUT2D eigenvalue weighted by Crippen LogP contribution is 2.39. The molecule has 2 aromatic heterocycles. The SMILES string of the molecule is O=C(c1nn(-c2ccccc2)c2c1CS(=O)(=O)c1ncccc1-2)N1CCOCC1. The lowest BCUT2D eigenvalue weighted by Crippen LogP contribution is -2.41. The molecule has 0 N–H and O–H groups in total. The summed E-state index contributed by atoms with van der Waals surface area (Å²) in [5.41, 5.74) is 2.41. The van der Waals surface area contributed by atoms with E-state index >= 15 is 0 Å². The van der Waals surface area contributed by atoms with E-state index in [1.807, 2.05) is 30.3 Å². The lowest BCUT2D eigenvalue weighted by atomic mass is 10.1. The lowest BCUT2D eigenvalue weighted by Gasteiger charge is -2.26. The number of amides is 1. The summed E-state index contributed by atoms with van der Waals surface area (Å²) in [7, 11) is -3.67. The summed E-state index contributed by atoms with van der Waals surface area (Å²) in [6, 6.07) is 12.8. The summed E-state index contributed by atoms with van der Waals surface area (Å²) < 4.78 is 32.8. The molecule has 0 atom stereocenters. The molecule has 1 fully saturated rings. The van der Waals surface area contributed by atoms with Crippen LogP contribution in [0.15, 0.2) is 53.7 Å². The third kappa shape index (κ3) is 2.93. The maximum absolute atomic E-state index is 13.2. The van der Waals surface area contributed by atoms with Gasteiger partial charge in [0.15, 0.2) is 10.7 Å². The number of morpholine rings is 1. The van der Waals surface area contributed by atoms with Crippen molar-refractivity contribution in [2.24, 2.45) is 0 Å². The van der Waals surface area contributed by atoms with Gasteiger partial charge in [-0.25, -0.2) is 18.1 Å². The molecule has 0 radical (unpaired) electrons. The Morgan fingerprint density at radius 1 is 1.03 bits per heavy atom. The van der Waals surface area contributed by atoms with E-state index in [-0.39, 0.29) is 22.4 Å². The largest absolute Gasteiger partial charge is 0.378 e. The number of carbonyl (C=O) groups excluding carboxylic acids is 1. The standard InChI is InChI=1S/C20H18N4O4S/c25-20(23-9-11-28-12-10-23)17-16-13-29(26,27)19-15(7-4-8-21-19)18(16)24(22-17)14-5-2-1-3-6-14/h1-8H,9-13H2. The zero-order valence-corrected chi connectivity index (χ0v) is 16.3. The second-order valence-electron chi connectivity index (χ2n) is 6.94. The molecule has 0 unspecified atom stereocenters. The molecular weight excluding hydrogens is 392 g/mol. The molecule has 5 rings (SSSR count). The molecule has 0 spiro atoms. The number of hydrogen-bond acceptors (Lipinski definition) is 6. The van der Waals surface area contributed by atoms with Gasteiger partial charge in [0.2, 0.25) is 9.84 Å². The fourth-order valence-electron chi connectivity index (χ4n) is 3.79. The van der Waals surface area contributed by atoms with E-state index in [4.69, 9.17) is 4.74 Å². The van der Waals surface area contributed by atoms with Crippen LogP contribution in [0.2, 0.25) is 0 Å². The number of nitrogens with zero attached hydrogens (tertiary/aromatic N) is 4. The molecule has 0 saturated carbocycles. The Hall–Kier alpha value is -3.04. The van der Waals surface area contributed by atoms with E-state index < -0.39 is 9.84 Å². The van der Waals surface area contributed by atoms with Gasteiger partial charge in [-0.15, -0.1) is 0 Å². The maximum atomic E-state index is 13.2. The fraction of sp³-hybridized carbons (Fsp3) is 0.250. The second-order valence-corrected chi connectivity index (χ2v) is 8.85. The number of sulfone groups is 1. The average Bonchev–Trinajstić information content (AvgIpc) is 3.13. The number of pyridine rings is 1. The monoisotopic (exact) mass is 410 g/mol. The Bertz CT molecular complexity index is 1200. The number of carbonyl (C=O) groups is 1. The van der Waals surface area contributed by atoms with E-state index in [1.54, 1.807) is 21.7 Å². The van der Waals surface area contributed by atoms with Crippen molar-refractivity contribution in [3.8, 4) is 16.9 Å². The summed E-state index contributed by atoms with van der Waals surface area (Å²) in [6.45, 7) is 1.82. The van der Waals surface area contributed by atoms with Gasteiger partial charge in [-0.1, -0.05) is 18.2 Å². The summed E-state index contributed by atoms with van der Waals surface area (Å²) in [5.74, 6) is -0.577. The molecule has 0 aliphatic carbocycles. The van der Waals surface area contributed by atoms with Crippen molar-refractivity contribution in [3.05, 3.63) is 59.9 Å². The summed E-state index contributed by atoms with van der Waals surface area (Å²) in [4.78, 5) is 19.0. The Labute approximate surface area is 167 Å². The zero-order chi connectivity index (χ0) is 20.0. The van der Waals surface area contributed by atoms with Crippen molar-refractivity contribution in [1.29, 1.82) is 0 Å². The predicted molar refractivity (Wildman–Crippen MR) is 104 cm³/mol. The quantitative estimate of drug-likeness (QED) is 0.638. The average molecular weight is 410 g/mol. The molecular formula is C20H18N4O4S. The molecule has 1 amide bonds. The number of hydrogen-bond donors (Lipinski definition) is 0. The predicted octanol–water partition coefficient (Wildman–Crippen LogP) is 1.69. The Morgan fingerprint density at radius 3 is 2.55 bits per heavy atom. The molecule has 8 nitrogen and oxygen atoms in total. The molecule has 1 saturated heterocycles. The summed E-state index contributed by atoms with van der Waals surface area (Å²) in [5, 5.41) is 4.62. The molecule has 3 aromatic rings. The van der Waals surface area contributed by atoms with Crippen LogP contribution in [0.3, 0.4) is 0 Å². The smallest absolute Gasteiger partial charge is 0.274 e. The van der Waals surface area contributed by atoms with Gasteiger partial charge in [-0.05, 0) is 24.3 Å². The van der Waals surface area contributed by atoms with Crippen molar-refractivity contribution < 1.29 is 17.9 Å². The van der Waals surface area contributed by atoms with Gasteiger partial charge < -0.3 is 9.64 Å². The minimum Gasteiger partial charge on any atom is -0.378 e. The minimum atomic E-state index is -3.67. The van der Waals surface area contributed by atoms with Crippen LogP contribution >= 0.6 is 0 Å². The number of rotatable bonds is 2. The molecule has 4 heterocycles. The van der Waals surface area contributed by atoms with Crippen molar-refractivity contribution in [2.45, 2.75) is 10.8 Å². The van der Waals surface area contributed by atoms with E-state index in [1.165, 1.54) is 6.20 Å². The normalized spacial score (nSPS) is 17.4. The van der Waals surface area contributed by atoms with Crippen molar-refractivity contribution >= 4 is 15.7 Å². The third-order valence-corrected chi connectivity index (χ3v) is 6.72. The van der Waals surface area contributed by atoms with Crippen LogP contribution in [0, 0.1) is 0 Å². The lowest BCUT2D eigenvalue weighted by molar-refractivity contribution is 0.0298. The molecule has 1 aromatic carbocycles. The van der Waals surface area contributed by atoms with Crippen LogP contribution < -0.4 is 0 Å². The summed E-state index contributed by atoms with van der Waals surface area (Å²) in [6.07, 6.45) is 1.46. The number of para-hydroxylation sites is 1. The first-order valence-corrected chi connectivity index (χ1v) is 10.9. The molecule has 9 heteroatoms.